The van der Waals surface area contributed by atoms with Gasteiger partial charge in [0.05, 0.1) is 6.61 Å². The van der Waals surface area contributed by atoms with Gasteiger partial charge in [0.25, 0.3) is 0 Å². The van der Waals surface area contributed by atoms with E-state index >= 15 is 0 Å². The van der Waals surface area contributed by atoms with Gasteiger partial charge >= 0.3 is 5.97 Å². The summed E-state index contributed by atoms with van der Waals surface area (Å²) in [5, 5.41) is 9.69. The van der Waals surface area contributed by atoms with Crippen LogP contribution in [0.5, 0.6) is 0 Å². The van der Waals surface area contributed by atoms with Crippen molar-refractivity contribution in [2.45, 2.75) is 38.0 Å². The predicted molar refractivity (Wildman–Crippen MR) is 54.6 cm³/mol. The molecule has 0 saturated heterocycles. The smallest absolute Gasteiger partial charge is 0.348 e. The highest BCUT2D eigenvalue weighted by Gasteiger charge is 2.34. The van der Waals surface area contributed by atoms with Crippen LogP contribution in [0.1, 0.15) is 33.1 Å². The second-order valence-corrected chi connectivity index (χ2v) is 3.92. The van der Waals surface area contributed by atoms with Crippen LogP contribution in [0.4, 0.5) is 0 Å². The molecule has 0 aromatic carbocycles. The zero-order chi connectivity index (χ0) is 10.3. The summed E-state index contributed by atoms with van der Waals surface area (Å²) >= 11 is 1.12. The van der Waals surface area contributed by atoms with E-state index in [0.717, 1.165) is 24.6 Å². The Morgan fingerprint density at radius 1 is 1.54 bits per heavy atom. The van der Waals surface area contributed by atoms with E-state index in [9.17, 15) is 9.90 Å². The second kappa shape index (κ2) is 6.27. The normalized spacial score (nSPS) is 15.1. The summed E-state index contributed by atoms with van der Waals surface area (Å²) in [5.74, 6) is -0.518. The Balaban J connectivity index is 3.92. The Kier molecular flexibility index (Phi) is 6.16. The third-order valence-corrected chi connectivity index (χ3v) is 3.00. The maximum atomic E-state index is 11.3. The topological polar surface area (TPSA) is 46.5 Å². The lowest BCUT2D eigenvalue weighted by Crippen LogP contribution is -2.35. The molecule has 1 atom stereocenters. The third kappa shape index (κ3) is 4.00. The molecule has 0 fully saturated rings. The van der Waals surface area contributed by atoms with E-state index in [1.165, 1.54) is 0 Å². The van der Waals surface area contributed by atoms with E-state index in [4.69, 9.17) is 4.74 Å². The van der Waals surface area contributed by atoms with Gasteiger partial charge in [0, 0.05) is 0 Å². The van der Waals surface area contributed by atoms with Crippen LogP contribution in [0, 0.1) is 0 Å². The second-order valence-electron chi connectivity index (χ2n) is 2.83. The first-order valence-electron chi connectivity index (χ1n) is 4.55. The number of unbranched alkanes of at least 4 members (excludes halogenated alkanes) is 1. The van der Waals surface area contributed by atoms with Crippen molar-refractivity contribution in [1.82, 2.24) is 0 Å². The van der Waals surface area contributed by atoms with Crippen molar-refractivity contribution in [2.75, 3.05) is 12.9 Å². The van der Waals surface area contributed by atoms with Gasteiger partial charge < -0.3 is 9.84 Å². The number of ether oxygens (including phenoxy) is 1. The summed E-state index contributed by atoms with van der Waals surface area (Å²) in [6.07, 6.45) is 3.90. The van der Waals surface area contributed by atoms with Crippen LogP contribution in [0.15, 0.2) is 0 Å². The predicted octanol–water partition coefficient (Wildman–Crippen LogP) is 1.79. The van der Waals surface area contributed by atoms with Crippen molar-refractivity contribution in [2.24, 2.45) is 0 Å². The zero-order valence-corrected chi connectivity index (χ0v) is 9.32. The van der Waals surface area contributed by atoms with Crippen LogP contribution in [0.3, 0.4) is 0 Å². The van der Waals surface area contributed by atoms with Crippen molar-refractivity contribution < 1.29 is 14.6 Å². The molecular weight excluding hydrogens is 188 g/mol. The monoisotopic (exact) mass is 206 g/mol. The van der Waals surface area contributed by atoms with Gasteiger partial charge in [-0.3, -0.25) is 0 Å². The van der Waals surface area contributed by atoms with Crippen molar-refractivity contribution in [3.63, 3.8) is 0 Å². The fourth-order valence-electron chi connectivity index (χ4n) is 0.794. The first kappa shape index (κ1) is 12.8. The van der Waals surface area contributed by atoms with Gasteiger partial charge in [0.2, 0.25) is 4.93 Å². The molecule has 0 heterocycles. The Bertz CT molecular complexity index is 155. The highest BCUT2D eigenvalue weighted by Crippen LogP contribution is 2.24. The number of thioether (sulfide) groups is 1. The van der Waals surface area contributed by atoms with E-state index in [0.29, 0.717) is 13.0 Å². The number of aliphatic hydroxyl groups is 1. The highest BCUT2D eigenvalue weighted by atomic mass is 32.2. The van der Waals surface area contributed by atoms with Gasteiger partial charge in [0.1, 0.15) is 0 Å². The van der Waals surface area contributed by atoms with Gasteiger partial charge in [0.15, 0.2) is 0 Å². The molecule has 1 unspecified atom stereocenters. The maximum Gasteiger partial charge on any atom is 0.348 e. The molecule has 0 aromatic rings. The van der Waals surface area contributed by atoms with Crippen LogP contribution in [-0.2, 0) is 9.53 Å². The number of esters is 1. The van der Waals surface area contributed by atoms with Crippen LogP contribution < -0.4 is 0 Å². The molecule has 0 spiro atoms. The lowest BCUT2D eigenvalue weighted by Gasteiger charge is -2.21. The minimum Gasteiger partial charge on any atom is -0.463 e. The van der Waals surface area contributed by atoms with Gasteiger partial charge in [-0.25, -0.2) is 4.79 Å². The molecule has 0 aliphatic heterocycles. The molecule has 4 heteroatoms. The SMILES string of the molecule is CCCCOC(=O)C(O)(CC)SC. The Labute approximate surface area is 83.9 Å². The van der Waals surface area contributed by atoms with Crippen LogP contribution in [0.25, 0.3) is 0 Å². The molecule has 0 saturated carbocycles. The number of hydrogen-bond acceptors (Lipinski definition) is 4. The summed E-state index contributed by atoms with van der Waals surface area (Å²) < 4.78 is 4.92. The van der Waals surface area contributed by atoms with Crippen molar-refractivity contribution in [3.05, 3.63) is 0 Å². The Morgan fingerprint density at radius 3 is 2.54 bits per heavy atom. The average molecular weight is 206 g/mol. The summed E-state index contributed by atoms with van der Waals surface area (Å²) in [5.41, 5.74) is 0. The lowest BCUT2D eigenvalue weighted by atomic mass is 10.3. The highest BCUT2D eigenvalue weighted by molar-refractivity contribution is 8.00. The third-order valence-electron chi connectivity index (χ3n) is 1.87. The maximum absolute atomic E-state index is 11.3. The van der Waals surface area contributed by atoms with Crippen LogP contribution in [-0.4, -0.2) is 28.9 Å². The fraction of sp³-hybridized carbons (Fsp3) is 0.889. The number of carbonyl (C=O) groups excluding carboxylic acids is 1. The summed E-state index contributed by atoms with van der Waals surface area (Å²) in [4.78, 5) is 9.96. The first-order chi connectivity index (χ1) is 6.10. The standard InChI is InChI=1S/C9H18O3S/c1-4-6-7-12-8(10)9(11,5-2)13-3/h11H,4-7H2,1-3H3. The van der Waals surface area contributed by atoms with Crippen LogP contribution in [0.2, 0.25) is 0 Å². The largest absolute Gasteiger partial charge is 0.463 e. The molecule has 0 bridgehead atoms. The summed E-state index contributed by atoms with van der Waals surface area (Å²) in [6, 6.07) is 0. The molecule has 0 rings (SSSR count). The quantitative estimate of drug-likeness (QED) is 0.409. The lowest BCUT2D eigenvalue weighted by molar-refractivity contribution is -0.156. The van der Waals surface area contributed by atoms with Gasteiger partial charge in [-0.1, -0.05) is 20.3 Å². The van der Waals surface area contributed by atoms with E-state index < -0.39 is 10.9 Å². The number of hydrogen-bond donors (Lipinski definition) is 1. The zero-order valence-electron chi connectivity index (χ0n) is 8.50. The molecular formula is C9H18O3S. The molecule has 78 valence electrons. The number of carbonyl (C=O) groups is 1. The molecule has 3 nitrogen and oxygen atoms in total. The van der Waals surface area contributed by atoms with E-state index in [-0.39, 0.29) is 0 Å². The van der Waals surface area contributed by atoms with E-state index in [1.807, 2.05) is 6.92 Å². The molecule has 13 heavy (non-hydrogen) atoms. The summed E-state index contributed by atoms with van der Waals surface area (Å²) in [6.45, 7) is 4.18. The Morgan fingerprint density at radius 2 is 2.15 bits per heavy atom. The van der Waals surface area contributed by atoms with Crippen molar-refractivity contribution >= 4 is 17.7 Å². The van der Waals surface area contributed by atoms with E-state index in [2.05, 4.69) is 0 Å². The minimum absolute atomic E-state index is 0.374. The van der Waals surface area contributed by atoms with Gasteiger partial charge in [-0.15, -0.1) is 11.8 Å². The van der Waals surface area contributed by atoms with Crippen molar-refractivity contribution in [3.8, 4) is 0 Å². The average Bonchev–Trinajstić information content (AvgIpc) is 2.17. The fourth-order valence-corrected chi connectivity index (χ4v) is 1.31. The molecule has 0 aromatic heterocycles. The Hall–Kier alpha value is -0.220. The van der Waals surface area contributed by atoms with E-state index in [1.54, 1.807) is 13.2 Å². The molecule has 0 amide bonds. The van der Waals surface area contributed by atoms with Gasteiger partial charge in [-0.05, 0) is 19.1 Å². The molecule has 0 radical (unpaired) electrons. The molecule has 0 aliphatic carbocycles. The van der Waals surface area contributed by atoms with Crippen molar-refractivity contribution in [1.29, 1.82) is 0 Å². The molecule has 1 N–H and O–H groups in total. The summed E-state index contributed by atoms with van der Waals surface area (Å²) in [7, 11) is 0. The number of rotatable bonds is 6. The van der Waals surface area contributed by atoms with Gasteiger partial charge in [-0.2, -0.15) is 0 Å². The van der Waals surface area contributed by atoms with Crippen LogP contribution >= 0.6 is 11.8 Å². The minimum atomic E-state index is -1.35. The molecule has 0 aliphatic rings. The first-order valence-corrected chi connectivity index (χ1v) is 5.78.